The first kappa shape index (κ1) is 23.5. The van der Waals surface area contributed by atoms with Crippen LogP contribution in [-0.4, -0.2) is 28.4 Å². The summed E-state index contributed by atoms with van der Waals surface area (Å²) in [6, 6.07) is 24.4. The molecule has 1 unspecified atom stereocenters. The Morgan fingerprint density at radius 2 is 1.66 bits per heavy atom. The van der Waals surface area contributed by atoms with Gasteiger partial charge in [-0.05, 0) is 66.7 Å². The summed E-state index contributed by atoms with van der Waals surface area (Å²) >= 11 is 8.65. The Hall–Kier alpha value is -3.20. The SMILES string of the molecule is COC(=O)C1=NN(c2ccc(Cl)cc2)C2(SC(=Cc3ccc(C)cc3)C(=O)N2c2ccccc2)S1. The van der Waals surface area contributed by atoms with Crippen LogP contribution in [0.25, 0.3) is 6.08 Å². The standard InChI is InChI=1S/C26H20ClN3O3S2/c1-17-8-10-18(11-9-17)16-22-24(31)29(20-6-4-3-5-7-20)26(34-22)30(21-14-12-19(27)13-15-21)28-23(35-26)25(32)33-2/h3-16H,1-2H3. The molecule has 2 heterocycles. The number of carbonyl (C=O) groups excluding carboxylic acids is 2. The molecule has 3 aromatic rings. The van der Waals surface area contributed by atoms with E-state index in [1.165, 1.54) is 30.6 Å². The van der Waals surface area contributed by atoms with E-state index in [1.54, 1.807) is 22.0 Å². The van der Waals surface area contributed by atoms with Crippen LogP contribution in [0.1, 0.15) is 11.1 Å². The molecule has 0 N–H and O–H groups in total. The number of carbonyl (C=O) groups is 2. The smallest absolute Gasteiger partial charge is 0.365 e. The fourth-order valence-corrected chi connectivity index (χ4v) is 6.78. The highest BCUT2D eigenvalue weighted by molar-refractivity contribution is 8.29. The molecule has 0 bridgehead atoms. The van der Waals surface area contributed by atoms with Gasteiger partial charge in [-0.2, -0.15) is 5.10 Å². The highest BCUT2D eigenvalue weighted by atomic mass is 35.5. The highest BCUT2D eigenvalue weighted by Gasteiger charge is 2.60. The van der Waals surface area contributed by atoms with Crippen molar-refractivity contribution in [2.75, 3.05) is 17.0 Å². The van der Waals surface area contributed by atoms with Gasteiger partial charge in [0.2, 0.25) is 9.37 Å². The van der Waals surface area contributed by atoms with Gasteiger partial charge in [0.1, 0.15) is 0 Å². The van der Waals surface area contributed by atoms with Gasteiger partial charge >= 0.3 is 5.97 Å². The number of thioether (sulfide) groups is 2. The van der Waals surface area contributed by atoms with Gasteiger partial charge in [-0.25, -0.2) is 9.80 Å². The van der Waals surface area contributed by atoms with Gasteiger partial charge in [-0.3, -0.25) is 9.69 Å². The Morgan fingerprint density at radius 1 is 0.971 bits per heavy atom. The van der Waals surface area contributed by atoms with Crippen LogP contribution in [0.15, 0.2) is 88.9 Å². The number of anilines is 2. The number of esters is 1. The minimum Gasteiger partial charge on any atom is -0.464 e. The average molecular weight is 522 g/mol. The van der Waals surface area contributed by atoms with Crippen molar-refractivity contribution in [3.63, 3.8) is 0 Å². The summed E-state index contributed by atoms with van der Waals surface area (Å²) in [6.45, 7) is 2.02. The van der Waals surface area contributed by atoms with Gasteiger partial charge in [-0.15, -0.1) is 0 Å². The largest absolute Gasteiger partial charge is 0.464 e. The number of halogens is 1. The molecule has 35 heavy (non-hydrogen) atoms. The Kier molecular flexibility index (Phi) is 6.35. The molecule has 9 heteroatoms. The van der Waals surface area contributed by atoms with Crippen molar-refractivity contribution in [1.82, 2.24) is 0 Å². The van der Waals surface area contributed by atoms with E-state index in [9.17, 15) is 9.59 Å². The van der Waals surface area contributed by atoms with E-state index in [-0.39, 0.29) is 11.0 Å². The Morgan fingerprint density at radius 3 is 2.31 bits per heavy atom. The van der Waals surface area contributed by atoms with E-state index >= 15 is 0 Å². The fourth-order valence-electron chi connectivity index (χ4n) is 3.75. The Balaban J connectivity index is 1.68. The van der Waals surface area contributed by atoms with E-state index in [0.29, 0.717) is 21.3 Å². The highest BCUT2D eigenvalue weighted by Crippen LogP contribution is 2.59. The van der Waals surface area contributed by atoms with Gasteiger partial charge < -0.3 is 4.74 Å². The number of nitrogens with zero attached hydrogens (tertiary/aromatic N) is 3. The molecule has 3 aromatic carbocycles. The maximum Gasteiger partial charge on any atom is 0.365 e. The number of methoxy groups -OCH3 is 1. The second-order valence-corrected chi connectivity index (χ2v) is 10.9. The first-order valence-corrected chi connectivity index (χ1v) is 12.7. The fraction of sp³-hybridized carbons (Fsp3) is 0.115. The maximum absolute atomic E-state index is 13.9. The summed E-state index contributed by atoms with van der Waals surface area (Å²) < 4.78 is 3.86. The van der Waals surface area contributed by atoms with Crippen molar-refractivity contribution in [3.05, 3.63) is 99.9 Å². The van der Waals surface area contributed by atoms with Crippen molar-refractivity contribution < 1.29 is 14.3 Å². The lowest BCUT2D eigenvalue weighted by Crippen LogP contribution is -2.51. The number of benzene rings is 3. The summed E-state index contributed by atoms with van der Waals surface area (Å²) in [5.74, 6) is -0.752. The lowest BCUT2D eigenvalue weighted by Gasteiger charge is -2.38. The van der Waals surface area contributed by atoms with Crippen LogP contribution in [0.5, 0.6) is 0 Å². The maximum atomic E-state index is 13.9. The molecule has 2 aliphatic rings. The average Bonchev–Trinajstić information content (AvgIpc) is 3.38. The monoisotopic (exact) mass is 521 g/mol. The number of ether oxygens (including phenoxy) is 1. The van der Waals surface area contributed by atoms with Crippen molar-refractivity contribution in [3.8, 4) is 0 Å². The molecular formula is C26H20ClN3O3S2. The molecule has 1 saturated heterocycles. The zero-order valence-corrected chi connectivity index (χ0v) is 21.2. The Bertz CT molecular complexity index is 1340. The van der Waals surface area contributed by atoms with Crippen LogP contribution in [0.4, 0.5) is 11.4 Å². The van der Waals surface area contributed by atoms with E-state index < -0.39 is 10.3 Å². The predicted molar refractivity (Wildman–Crippen MR) is 144 cm³/mol. The lowest BCUT2D eigenvalue weighted by atomic mass is 10.1. The molecule has 0 radical (unpaired) electrons. The number of aryl methyl sites for hydroxylation is 1. The van der Waals surface area contributed by atoms with Crippen LogP contribution in [0.3, 0.4) is 0 Å². The molecule has 176 valence electrons. The molecule has 6 nitrogen and oxygen atoms in total. The summed E-state index contributed by atoms with van der Waals surface area (Å²) in [7, 11) is 1.31. The third kappa shape index (κ3) is 4.33. The van der Waals surface area contributed by atoms with Crippen LogP contribution in [0.2, 0.25) is 5.02 Å². The number of rotatable bonds is 4. The predicted octanol–water partition coefficient (Wildman–Crippen LogP) is 6.12. The molecule has 0 aliphatic carbocycles. The van der Waals surface area contributed by atoms with E-state index in [1.807, 2.05) is 79.7 Å². The number of amides is 1. The third-order valence-electron chi connectivity index (χ3n) is 5.45. The molecule has 1 fully saturated rings. The van der Waals surface area contributed by atoms with Crippen LogP contribution in [0, 0.1) is 6.92 Å². The second-order valence-electron chi connectivity index (χ2n) is 7.83. The molecule has 1 amide bonds. The summed E-state index contributed by atoms with van der Waals surface area (Å²) in [6.07, 6.45) is 1.87. The van der Waals surface area contributed by atoms with Crippen molar-refractivity contribution >= 4 is 69.5 Å². The quantitative estimate of drug-likeness (QED) is 0.304. The number of hydrogen-bond acceptors (Lipinski definition) is 7. The Labute approximate surface area is 216 Å². The van der Waals surface area contributed by atoms with Crippen molar-refractivity contribution in [1.29, 1.82) is 0 Å². The summed E-state index contributed by atoms with van der Waals surface area (Å²) in [5, 5.41) is 7.02. The van der Waals surface area contributed by atoms with E-state index in [0.717, 1.165) is 11.1 Å². The summed E-state index contributed by atoms with van der Waals surface area (Å²) in [4.78, 5) is 28.7. The topological polar surface area (TPSA) is 62.2 Å². The third-order valence-corrected chi connectivity index (χ3v) is 8.40. The molecule has 0 aromatic heterocycles. The van der Waals surface area contributed by atoms with Crippen LogP contribution in [-0.2, 0) is 14.3 Å². The normalized spacial score (nSPS) is 20.6. The van der Waals surface area contributed by atoms with Gasteiger partial charge in [0, 0.05) is 10.7 Å². The molecule has 1 spiro atoms. The zero-order chi connectivity index (χ0) is 24.6. The van der Waals surface area contributed by atoms with Crippen LogP contribution < -0.4 is 9.91 Å². The molecule has 2 aliphatic heterocycles. The number of hydrazone groups is 1. The first-order chi connectivity index (χ1) is 16.9. The van der Waals surface area contributed by atoms with Gasteiger partial charge in [0.25, 0.3) is 5.91 Å². The second kappa shape index (κ2) is 9.45. The van der Waals surface area contributed by atoms with E-state index in [2.05, 4.69) is 5.10 Å². The molecule has 5 rings (SSSR count). The molecule has 1 atom stereocenters. The molecular weight excluding hydrogens is 502 g/mol. The van der Waals surface area contributed by atoms with Crippen LogP contribution >= 0.6 is 35.1 Å². The van der Waals surface area contributed by atoms with E-state index in [4.69, 9.17) is 16.3 Å². The molecule has 0 saturated carbocycles. The van der Waals surface area contributed by atoms with Gasteiger partial charge in [0.05, 0.1) is 17.7 Å². The lowest BCUT2D eigenvalue weighted by molar-refractivity contribution is -0.132. The number of hydrogen-bond donors (Lipinski definition) is 0. The minimum absolute atomic E-state index is 0.153. The van der Waals surface area contributed by atoms with Gasteiger partial charge in [-0.1, -0.05) is 71.4 Å². The zero-order valence-electron chi connectivity index (χ0n) is 18.8. The summed E-state index contributed by atoms with van der Waals surface area (Å²) in [5.41, 5.74) is 3.41. The number of para-hydroxylation sites is 1. The first-order valence-electron chi connectivity index (χ1n) is 10.7. The minimum atomic E-state index is -1.12. The van der Waals surface area contributed by atoms with Crippen molar-refractivity contribution in [2.24, 2.45) is 5.10 Å². The van der Waals surface area contributed by atoms with Gasteiger partial charge in [0.15, 0.2) is 0 Å². The van der Waals surface area contributed by atoms with Crippen molar-refractivity contribution in [2.45, 2.75) is 11.3 Å².